The molecule has 1 aromatic carbocycles. The van der Waals surface area contributed by atoms with Gasteiger partial charge < -0.3 is 14.4 Å². The van der Waals surface area contributed by atoms with Gasteiger partial charge in [-0.3, -0.25) is 4.57 Å². The summed E-state index contributed by atoms with van der Waals surface area (Å²) in [5, 5.41) is 0. The lowest BCUT2D eigenvalue weighted by Gasteiger charge is -2.28. The smallest absolute Gasteiger partial charge is 0.320 e. The van der Waals surface area contributed by atoms with Crippen molar-refractivity contribution in [2.45, 2.75) is 76.0 Å². The third kappa shape index (κ3) is 3.94. The van der Waals surface area contributed by atoms with Crippen molar-refractivity contribution in [2.75, 3.05) is 0 Å². The van der Waals surface area contributed by atoms with Crippen molar-refractivity contribution in [1.82, 2.24) is 4.57 Å². The van der Waals surface area contributed by atoms with Crippen LogP contribution in [0.4, 0.5) is 0 Å². The van der Waals surface area contributed by atoms with Crippen LogP contribution in [-0.2, 0) is 4.57 Å². The normalized spacial score (nSPS) is 20.1. The average molecular weight is 387 g/mol. The van der Waals surface area contributed by atoms with E-state index < -0.39 is 7.60 Å². The molecule has 0 spiro atoms. The van der Waals surface area contributed by atoms with Gasteiger partial charge in [-0.05, 0) is 60.8 Å². The van der Waals surface area contributed by atoms with Gasteiger partial charge in [0.1, 0.15) is 5.44 Å². The molecule has 1 heterocycles. The highest BCUT2D eigenvalue weighted by molar-refractivity contribution is 7.60. The zero-order valence-electron chi connectivity index (χ0n) is 15.9. The molecule has 5 heteroatoms. The first-order valence-corrected chi connectivity index (χ1v) is 12.0. The number of benzene rings is 1. The summed E-state index contributed by atoms with van der Waals surface area (Å²) >= 11 is 0. The van der Waals surface area contributed by atoms with Crippen LogP contribution in [0, 0.1) is 0 Å². The summed E-state index contributed by atoms with van der Waals surface area (Å²) in [5.74, 6) is 0.717. The Balaban J connectivity index is 1.91. The zero-order chi connectivity index (χ0) is 18.9. The topological polar surface area (TPSA) is 62.5 Å². The Morgan fingerprint density at radius 3 is 1.93 bits per heavy atom. The van der Waals surface area contributed by atoms with E-state index in [-0.39, 0.29) is 11.4 Å². The van der Waals surface area contributed by atoms with Crippen molar-refractivity contribution in [3.8, 4) is 5.69 Å². The Labute approximate surface area is 161 Å². The second kappa shape index (κ2) is 7.95. The van der Waals surface area contributed by atoms with Gasteiger partial charge in [0.2, 0.25) is 0 Å². The predicted octanol–water partition coefficient (Wildman–Crippen LogP) is 5.38. The Bertz CT molecular complexity index is 812. The van der Waals surface area contributed by atoms with Crippen molar-refractivity contribution in [3.63, 3.8) is 0 Å². The third-order valence-corrected chi connectivity index (χ3v) is 7.43. The lowest BCUT2D eigenvalue weighted by atomic mass is 9.78. The van der Waals surface area contributed by atoms with Crippen molar-refractivity contribution in [1.29, 1.82) is 0 Å². The molecule has 2 saturated carbocycles. The van der Waals surface area contributed by atoms with Crippen molar-refractivity contribution in [2.24, 2.45) is 0 Å². The molecule has 0 atom stereocenters. The van der Waals surface area contributed by atoms with Crippen LogP contribution in [0.2, 0.25) is 0 Å². The molecule has 27 heavy (non-hydrogen) atoms. The largest absolute Gasteiger partial charge is 0.373 e. The van der Waals surface area contributed by atoms with Crippen LogP contribution < -0.4 is 5.44 Å². The molecule has 0 saturated heterocycles. The Morgan fingerprint density at radius 1 is 0.815 bits per heavy atom. The van der Waals surface area contributed by atoms with Crippen LogP contribution >= 0.6 is 7.60 Å². The molecular formula is C22H30NO3P. The van der Waals surface area contributed by atoms with Crippen LogP contribution in [0.1, 0.15) is 87.2 Å². The van der Waals surface area contributed by atoms with Crippen molar-refractivity contribution in [3.05, 3.63) is 47.7 Å². The van der Waals surface area contributed by atoms with Gasteiger partial charge in [0.15, 0.2) is 0 Å². The molecular weight excluding hydrogens is 357 g/mol. The van der Waals surface area contributed by atoms with E-state index in [9.17, 15) is 14.4 Å². The highest BCUT2D eigenvalue weighted by atomic mass is 31.2. The number of para-hydroxylation sites is 1. The Hall–Kier alpha value is -1.35. The number of rotatable bonds is 4. The average Bonchev–Trinajstić information content (AvgIpc) is 3.11. The number of aromatic nitrogens is 1. The van der Waals surface area contributed by atoms with E-state index in [4.69, 9.17) is 0 Å². The van der Waals surface area contributed by atoms with E-state index in [2.05, 4.69) is 6.20 Å². The Kier molecular flexibility index (Phi) is 5.59. The minimum Gasteiger partial charge on any atom is -0.320 e. The predicted molar refractivity (Wildman–Crippen MR) is 109 cm³/mol. The monoisotopic (exact) mass is 387 g/mol. The third-order valence-electron chi connectivity index (χ3n) is 6.42. The quantitative estimate of drug-likeness (QED) is 0.693. The molecule has 2 aliphatic rings. The maximum Gasteiger partial charge on any atom is 0.373 e. The SMILES string of the molecule is O=P(O)(O)c1c(C2CCCCC2)c(C2CCCCC2)cn1-c1ccccc1. The van der Waals surface area contributed by atoms with Crippen molar-refractivity contribution >= 4 is 13.0 Å². The van der Waals surface area contributed by atoms with E-state index in [0.717, 1.165) is 49.8 Å². The standard InChI is InChI=1S/C22H30NO3P/c24-27(25,26)22-21(18-12-6-2-7-13-18)20(17-10-4-1-5-11-17)16-23(22)19-14-8-3-9-15-19/h3,8-9,14-18H,1-2,4-7,10-13H2,(H2,24,25,26). The van der Waals surface area contributed by atoms with Crippen LogP contribution in [0.25, 0.3) is 5.69 Å². The maximum atomic E-state index is 12.7. The van der Waals surface area contributed by atoms with E-state index in [1.165, 1.54) is 31.2 Å². The molecule has 146 valence electrons. The fourth-order valence-corrected chi connectivity index (χ4v) is 6.24. The van der Waals surface area contributed by atoms with Gasteiger partial charge in [0.05, 0.1) is 0 Å². The van der Waals surface area contributed by atoms with E-state index in [1.807, 2.05) is 30.3 Å². The number of hydrogen-bond donors (Lipinski definition) is 2. The molecule has 4 nitrogen and oxygen atoms in total. The van der Waals surface area contributed by atoms with Crippen LogP contribution in [0.3, 0.4) is 0 Å². The first-order chi connectivity index (χ1) is 13.1. The lowest BCUT2D eigenvalue weighted by Crippen LogP contribution is -2.22. The zero-order valence-corrected chi connectivity index (χ0v) is 16.8. The summed E-state index contributed by atoms with van der Waals surface area (Å²) in [4.78, 5) is 20.7. The highest BCUT2D eigenvalue weighted by Crippen LogP contribution is 2.47. The van der Waals surface area contributed by atoms with E-state index in [1.54, 1.807) is 4.57 Å². The maximum absolute atomic E-state index is 12.7. The second-order valence-electron chi connectivity index (χ2n) is 8.24. The van der Waals surface area contributed by atoms with Crippen LogP contribution in [0.5, 0.6) is 0 Å². The molecule has 0 unspecified atom stereocenters. The molecule has 1 aromatic heterocycles. The summed E-state index contributed by atoms with van der Waals surface area (Å²) < 4.78 is 14.5. The molecule has 0 radical (unpaired) electrons. The number of hydrogen-bond acceptors (Lipinski definition) is 1. The Morgan fingerprint density at radius 2 is 1.37 bits per heavy atom. The summed E-state index contributed by atoms with van der Waals surface area (Å²) in [6, 6.07) is 9.68. The first kappa shape index (κ1) is 19.0. The lowest BCUT2D eigenvalue weighted by molar-refractivity contribution is 0.383. The second-order valence-corrected chi connectivity index (χ2v) is 9.75. The minimum atomic E-state index is -4.39. The van der Waals surface area contributed by atoms with Gasteiger partial charge in [0.25, 0.3) is 0 Å². The highest BCUT2D eigenvalue weighted by Gasteiger charge is 2.36. The first-order valence-electron chi connectivity index (χ1n) is 10.4. The van der Waals surface area contributed by atoms with Gasteiger partial charge in [-0.25, -0.2) is 0 Å². The van der Waals surface area contributed by atoms with Gasteiger partial charge in [-0.2, -0.15) is 0 Å². The van der Waals surface area contributed by atoms with Crippen molar-refractivity contribution < 1.29 is 14.4 Å². The molecule has 2 N–H and O–H groups in total. The fourth-order valence-electron chi connectivity index (χ4n) is 5.16. The summed E-state index contributed by atoms with van der Waals surface area (Å²) in [5.41, 5.74) is 3.29. The van der Waals surface area contributed by atoms with Crippen LogP contribution in [-0.4, -0.2) is 14.4 Å². The molecule has 2 fully saturated rings. The molecule has 4 rings (SSSR count). The van der Waals surface area contributed by atoms with E-state index in [0.29, 0.717) is 5.92 Å². The molecule has 2 aliphatic carbocycles. The fraction of sp³-hybridized carbons (Fsp3) is 0.545. The molecule has 0 aliphatic heterocycles. The minimum absolute atomic E-state index is 0.251. The molecule has 0 amide bonds. The van der Waals surface area contributed by atoms with Crippen LogP contribution in [0.15, 0.2) is 36.5 Å². The van der Waals surface area contributed by atoms with Gasteiger partial charge >= 0.3 is 7.60 Å². The summed E-state index contributed by atoms with van der Waals surface area (Å²) in [6.45, 7) is 0. The van der Waals surface area contributed by atoms with Gasteiger partial charge in [-0.15, -0.1) is 0 Å². The van der Waals surface area contributed by atoms with E-state index >= 15 is 0 Å². The molecule has 0 bridgehead atoms. The van der Waals surface area contributed by atoms with Gasteiger partial charge in [-0.1, -0.05) is 56.7 Å². The number of nitrogens with zero attached hydrogens (tertiary/aromatic N) is 1. The molecule has 2 aromatic rings. The summed E-state index contributed by atoms with van der Waals surface area (Å²) in [6.07, 6.45) is 13.7. The van der Waals surface area contributed by atoms with Gasteiger partial charge in [0, 0.05) is 11.9 Å². The summed E-state index contributed by atoms with van der Waals surface area (Å²) in [7, 11) is -4.39.